The van der Waals surface area contributed by atoms with Crippen molar-refractivity contribution in [2.24, 2.45) is 0 Å². The summed E-state index contributed by atoms with van der Waals surface area (Å²) in [6.07, 6.45) is 4.68. The van der Waals surface area contributed by atoms with E-state index in [0.29, 0.717) is 19.7 Å². The lowest BCUT2D eigenvalue weighted by molar-refractivity contribution is -0.123. The molecule has 1 heterocycles. The van der Waals surface area contributed by atoms with E-state index >= 15 is 0 Å². The van der Waals surface area contributed by atoms with Gasteiger partial charge in [-0.2, -0.15) is 0 Å². The second-order valence-electron chi connectivity index (χ2n) is 8.65. The van der Waals surface area contributed by atoms with Crippen LogP contribution >= 0.6 is 0 Å². The van der Waals surface area contributed by atoms with E-state index < -0.39 is 6.09 Å². The van der Waals surface area contributed by atoms with Crippen LogP contribution in [0, 0.1) is 0 Å². The van der Waals surface area contributed by atoms with Gasteiger partial charge in [-0.15, -0.1) is 0 Å². The molecule has 1 aromatic heterocycles. The molecule has 0 fully saturated rings. The quantitative estimate of drug-likeness (QED) is 0.175. The number of anilines is 1. The average Bonchev–Trinajstić information content (AvgIpc) is 2.92. The van der Waals surface area contributed by atoms with Gasteiger partial charge in [-0.3, -0.25) is 10.1 Å². The number of carboxylic acid groups (broad SMARTS) is 1. The van der Waals surface area contributed by atoms with Gasteiger partial charge in [0.2, 0.25) is 5.91 Å². The Bertz CT molecular complexity index is 1250. The van der Waals surface area contributed by atoms with Crippen molar-refractivity contribution in [2.75, 3.05) is 39.1 Å². The van der Waals surface area contributed by atoms with Crippen LogP contribution in [0.4, 0.5) is 10.6 Å². The first kappa shape index (κ1) is 28.1. The SMILES string of the molecule is CC/C(=C(\c1ccc(OCCNC/C=C/C(=O)N(C)C)cc1)c1ccc(NC(=O)O)nc1)c1ccccc1. The Morgan fingerprint density at radius 3 is 2.29 bits per heavy atom. The number of benzene rings is 2. The van der Waals surface area contributed by atoms with Crippen LogP contribution in [0.25, 0.3) is 11.1 Å². The summed E-state index contributed by atoms with van der Waals surface area (Å²) in [6, 6.07) is 21.7. The lowest BCUT2D eigenvalue weighted by Crippen LogP contribution is -2.22. The lowest BCUT2D eigenvalue weighted by atomic mass is 9.89. The van der Waals surface area contributed by atoms with Gasteiger partial charge in [0.1, 0.15) is 18.2 Å². The zero-order valence-corrected chi connectivity index (χ0v) is 22.0. The second kappa shape index (κ2) is 14.3. The number of nitrogens with one attached hydrogen (secondary N) is 2. The van der Waals surface area contributed by atoms with E-state index in [0.717, 1.165) is 40.0 Å². The predicted octanol–water partition coefficient (Wildman–Crippen LogP) is 5.15. The molecule has 8 nitrogen and oxygen atoms in total. The van der Waals surface area contributed by atoms with E-state index in [2.05, 4.69) is 34.7 Å². The number of carbonyl (C=O) groups excluding carboxylic acids is 1. The van der Waals surface area contributed by atoms with E-state index in [4.69, 9.17) is 9.84 Å². The molecule has 3 rings (SSSR count). The monoisotopic (exact) mass is 514 g/mol. The minimum absolute atomic E-state index is 0.0429. The van der Waals surface area contributed by atoms with Gasteiger partial charge >= 0.3 is 6.09 Å². The molecular weight excluding hydrogens is 480 g/mol. The van der Waals surface area contributed by atoms with E-state index in [1.807, 2.05) is 48.5 Å². The third-order valence-corrected chi connectivity index (χ3v) is 5.72. The van der Waals surface area contributed by atoms with Crippen LogP contribution < -0.4 is 15.4 Å². The Hall–Kier alpha value is -4.43. The molecule has 8 heteroatoms. The number of aromatic nitrogens is 1. The molecule has 198 valence electrons. The van der Waals surface area contributed by atoms with Crippen molar-refractivity contribution < 1.29 is 19.4 Å². The number of pyridine rings is 1. The Morgan fingerprint density at radius 1 is 0.974 bits per heavy atom. The van der Waals surface area contributed by atoms with Crippen molar-refractivity contribution in [1.29, 1.82) is 0 Å². The van der Waals surface area contributed by atoms with Crippen LogP contribution in [0.2, 0.25) is 0 Å². The van der Waals surface area contributed by atoms with Gasteiger partial charge in [-0.25, -0.2) is 9.78 Å². The topological polar surface area (TPSA) is 104 Å². The first-order valence-corrected chi connectivity index (χ1v) is 12.5. The highest BCUT2D eigenvalue weighted by molar-refractivity contribution is 5.98. The number of amides is 2. The summed E-state index contributed by atoms with van der Waals surface area (Å²) >= 11 is 0. The summed E-state index contributed by atoms with van der Waals surface area (Å²) in [6.45, 7) is 3.84. The van der Waals surface area contributed by atoms with Gasteiger partial charge in [0.05, 0.1) is 0 Å². The Balaban J connectivity index is 1.75. The molecule has 0 spiro atoms. The van der Waals surface area contributed by atoms with Crippen LogP contribution in [0.1, 0.15) is 30.0 Å². The molecule has 0 aliphatic heterocycles. The summed E-state index contributed by atoms with van der Waals surface area (Å²) in [5, 5.41) is 14.5. The molecule has 0 aliphatic rings. The average molecular weight is 515 g/mol. The normalized spacial score (nSPS) is 11.7. The zero-order valence-electron chi connectivity index (χ0n) is 22.0. The van der Waals surface area contributed by atoms with E-state index in [9.17, 15) is 9.59 Å². The van der Waals surface area contributed by atoms with Crippen LogP contribution in [0.5, 0.6) is 5.75 Å². The Morgan fingerprint density at radius 2 is 1.68 bits per heavy atom. The van der Waals surface area contributed by atoms with Gasteiger partial charge in [0.25, 0.3) is 0 Å². The van der Waals surface area contributed by atoms with Crippen LogP contribution in [-0.2, 0) is 4.79 Å². The number of ether oxygens (including phenoxy) is 1. The smallest absolute Gasteiger partial charge is 0.410 e. The van der Waals surface area contributed by atoms with Gasteiger partial charge in [0.15, 0.2) is 0 Å². The largest absolute Gasteiger partial charge is 0.492 e. The summed E-state index contributed by atoms with van der Waals surface area (Å²) in [4.78, 5) is 28.3. The van der Waals surface area contributed by atoms with Crippen molar-refractivity contribution in [3.8, 4) is 5.75 Å². The van der Waals surface area contributed by atoms with Crippen LogP contribution in [0.15, 0.2) is 85.1 Å². The minimum atomic E-state index is -1.15. The highest BCUT2D eigenvalue weighted by Gasteiger charge is 2.14. The number of rotatable bonds is 12. The molecular formula is C30H34N4O4. The van der Waals surface area contributed by atoms with Gasteiger partial charge in [0, 0.05) is 45.0 Å². The van der Waals surface area contributed by atoms with Gasteiger partial charge < -0.3 is 20.1 Å². The highest BCUT2D eigenvalue weighted by atomic mass is 16.5. The lowest BCUT2D eigenvalue weighted by Gasteiger charge is -2.17. The van der Waals surface area contributed by atoms with Crippen molar-refractivity contribution in [3.63, 3.8) is 0 Å². The van der Waals surface area contributed by atoms with Crippen molar-refractivity contribution in [1.82, 2.24) is 15.2 Å². The number of carbonyl (C=O) groups is 2. The highest BCUT2D eigenvalue weighted by Crippen LogP contribution is 2.35. The number of likely N-dealkylation sites (N-methyl/N-ethyl adjacent to an activating group) is 1. The van der Waals surface area contributed by atoms with Crippen LogP contribution in [0.3, 0.4) is 0 Å². The fraction of sp³-hybridized carbons (Fsp3) is 0.233. The van der Waals surface area contributed by atoms with Gasteiger partial charge in [-0.05, 0) is 53.0 Å². The molecule has 0 bridgehead atoms. The first-order valence-electron chi connectivity index (χ1n) is 12.5. The number of hydrogen-bond acceptors (Lipinski definition) is 5. The molecule has 3 N–H and O–H groups in total. The van der Waals surface area contributed by atoms with Crippen LogP contribution in [-0.4, -0.2) is 60.8 Å². The predicted molar refractivity (Wildman–Crippen MR) is 151 cm³/mol. The fourth-order valence-electron chi connectivity index (χ4n) is 3.86. The second-order valence-corrected chi connectivity index (χ2v) is 8.65. The van der Waals surface area contributed by atoms with E-state index in [-0.39, 0.29) is 11.7 Å². The molecule has 3 aromatic rings. The maximum atomic E-state index is 11.5. The molecule has 0 saturated carbocycles. The Labute approximate surface area is 223 Å². The number of nitrogens with zero attached hydrogens (tertiary/aromatic N) is 2. The third-order valence-electron chi connectivity index (χ3n) is 5.72. The van der Waals surface area contributed by atoms with E-state index in [1.54, 1.807) is 38.5 Å². The summed E-state index contributed by atoms with van der Waals surface area (Å²) in [7, 11) is 3.43. The van der Waals surface area contributed by atoms with E-state index in [1.165, 1.54) is 4.90 Å². The maximum Gasteiger partial charge on any atom is 0.410 e. The molecule has 0 aliphatic carbocycles. The molecule has 0 radical (unpaired) electrons. The summed E-state index contributed by atoms with van der Waals surface area (Å²) in [5.74, 6) is 0.985. The standard InChI is InChI=1S/C30H34N4O4/c1-4-26(22-9-6-5-7-10-22)29(24-14-17-27(32-21-24)33-30(36)37)23-12-15-25(16-13-23)38-20-19-31-18-8-11-28(35)34(2)3/h5-17,21,31H,4,18-20H2,1-3H3,(H,32,33)(H,36,37)/b11-8+,29-26-. The molecule has 38 heavy (non-hydrogen) atoms. The molecule has 2 amide bonds. The number of allylic oxidation sites excluding steroid dienone is 1. The molecule has 0 unspecified atom stereocenters. The fourth-order valence-corrected chi connectivity index (χ4v) is 3.86. The van der Waals surface area contributed by atoms with Gasteiger partial charge in [-0.1, -0.05) is 55.5 Å². The van der Waals surface area contributed by atoms with Crippen molar-refractivity contribution in [3.05, 3.63) is 102 Å². The zero-order chi connectivity index (χ0) is 27.3. The molecule has 2 aromatic carbocycles. The Kier molecular flexibility index (Phi) is 10.6. The van der Waals surface area contributed by atoms with Crippen molar-refractivity contribution >= 4 is 29.0 Å². The first-order chi connectivity index (χ1) is 18.4. The third kappa shape index (κ3) is 8.31. The maximum absolute atomic E-state index is 11.5. The van der Waals surface area contributed by atoms with Crippen molar-refractivity contribution in [2.45, 2.75) is 13.3 Å². The number of hydrogen-bond donors (Lipinski definition) is 3. The minimum Gasteiger partial charge on any atom is -0.492 e. The molecule has 0 atom stereocenters. The molecule has 0 saturated heterocycles. The summed E-state index contributed by atoms with van der Waals surface area (Å²) in [5.41, 5.74) is 5.20. The summed E-state index contributed by atoms with van der Waals surface area (Å²) < 4.78 is 5.88.